The van der Waals surface area contributed by atoms with Crippen LogP contribution in [0.15, 0.2) is 0 Å². The zero-order valence-electron chi connectivity index (χ0n) is 9.54. The molecular weight excluding hydrogens is 222 g/mol. The van der Waals surface area contributed by atoms with Gasteiger partial charge < -0.3 is 0 Å². The molecule has 86 valence electrons. The van der Waals surface area contributed by atoms with Crippen LogP contribution in [0.4, 0.5) is 0 Å². The van der Waals surface area contributed by atoms with E-state index >= 15 is 0 Å². The predicted molar refractivity (Wildman–Crippen MR) is 61.2 cm³/mol. The highest BCUT2D eigenvalue weighted by Gasteiger charge is 2.32. The Balaban J connectivity index is 4.76. The van der Waals surface area contributed by atoms with Gasteiger partial charge in [0.15, 0.2) is 0 Å². The minimum Gasteiger partial charge on any atom is -0.212 e. The third kappa shape index (κ3) is 3.75. The fourth-order valence-electron chi connectivity index (χ4n) is 0.994. The smallest absolute Gasteiger partial charge is 0.212 e. The molecule has 0 fully saturated rings. The van der Waals surface area contributed by atoms with Gasteiger partial charge in [-0.05, 0) is 19.8 Å². The third-order valence-corrected chi connectivity index (χ3v) is 5.21. The van der Waals surface area contributed by atoms with Crippen molar-refractivity contribution in [1.29, 1.82) is 0 Å². The average Bonchev–Trinajstić information content (AvgIpc) is 2.00. The SMILES string of the molecule is CC(C)CS(=O)(=O)N(C)C(C)(C)CCl. The predicted octanol–water partition coefficient (Wildman–Crippen LogP) is 1.92. The van der Waals surface area contributed by atoms with Crippen molar-refractivity contribution in [1.82, 2.24) is 4.31 Å². The minimum absolute atomic E-state index is 0.133. The molecule has 0 rings (SSSR count). The molecule has 0 bridgehead atoms. The van der Waals surface area contributed by atoms with Crippen LogP contribution in [0.25, 0.3) is 0 Å². The van der Waals surface area contributed by atoms with Gasteiger partial charge >= 0.3 is 0 Å². The van der Waals surface area contributed by atoms with Gasteiger partial charge in [0.25, 0.3) is 0 Å². The summed E-state index contributed by atoms with van der Waals surface area (Å²) >= 11 is 5.72. The zero-order valence-corrected chi connectivity index (χ0v) is 11.1. The second-order valence-electron chi connectivity index (χ2n) is 4.59. The maximum Gasteiger partial charge on any atom is 0.214 e. The minimum atomic E-state index is -3.18. The number of alkyl halides is 1. The van der Waals surface area contributed by atoms with E-state index in [1.807, 2.05) is 27.7 Å². The van der Waals surface area contributed by atoms with Crippen LogP contribution in [0, 0.1) is 5.92 Å². The second kappa shape index (κ2) is 4.81. The zero-order chi connectivity index (χ0) is 11.6. The number of hydrogen-bond donors (Lipinski definition) is 0. The summed E-state index contributed by atoms with van der Waals surface area (Å²) in [5.74, 6) is 0.596. The Morgan fingerprint density at radius 3 is 2.07 bits per heavy atom. The van der Waals surface area contributed by atoms with Crippen LogP contribution in [-0.2, 0) is 10.0 Å². The monoisotopic (exact) mass is 241 g/mol. The van der Waals surface area contributed by atoms with E-state index in [9.17, 15) is 8.42 Å². The topological polar surface area (TPSA) is 37.4 Å². The fraction of sp³-hybridized carbons (Fsp3) is 1.00. The van der Waals surface area contributed by atoms with Crippen LogP contribution >= 0.6 is 11.6 Å². The lowest BCUT2D eigenvalue weighted by Gasteiger charge is -2.33. The summed E-state index contributed by atoms with van der Waals surface area (Å²) in [6.07, 6.45) is 0. The van der Waals surface area contributed by atoms with Crippen LogP contribution in [-0.4, -0.2) is 36.9 Å². The second-order valence-corrected chi connectivity index (χ2v) is 6.90. The molecule has 0 amide bonds. The summed E-state index contributed by atoms with van der Waals surface area (Å²) in [7, 11) is -1.60. The van der Waals surface area contributed by atoms with Crippen LogP contribution in [0.3, 0.4) is 0 Å². The number of halogens is 1. The summed E-state index contributed by atoms with van der Waals surface area (Å²) in [6, 6.07) is 0. The fourth-order valence-corrected chi connectivity index (χ4v) is 3.13. The summed E-state index contributed by atoms with van der Waals surface area (Å²) in [6.45, 7) is 7.41. The first-order valence-electron chi connectivity index (χ1n) is 4.66. The van der Waals surface area contributed by atoms with Crippen molar-refractivity contribution >= 4 is 21.6 Å². The van der Waals surface area contributed by atoms with Crippen LogP contribution < -0.4 is 0 Å². The molecule has 0 spiro atoms. The molecule has 0 aromatic carbocycles. The average molecular weight is 242 g/mol. The molecule has 0 saturated carbocycles. The molecule has 0 N–H and O–H groups in total. The molecule has 0 radical (unpaired) electrons. The Bertz CT molecular complexity index is 273. The molecule has 0 heterocycles. The summed E-state index contributed by atoms with van der Waals surface area (Å²) < 4.78 is 25.0. The van der Waals surface area contributed by atoms with E-state index in [0.717, 1.165) is 0 Å². The summed E-state index contributed by atoms with van der Waals surface area (Å²) in [4.78, 5) is 0. The molecular formula is C9H20ClNO2S. The van der Waals surface area contributed by atoms with E-state index in [0.29, 0.717) is 5.88 Å². The molecule has 0 aliphatic heterocycles. The Labute approximate surface area is 92.5 Å². The Kier molecular flexibility index (Phi) is 4.88. The van der Waals surface area contributed by atoms with Gasteiger partial charge in [0.2, 0.25) is 10.0 Å². The van der Waals surface area contributed by atoms with Crippen molar-refractivity contribution in [2.75, 3.05) is 18.7 Å². The molecule has 0 atom stereocenters. The Morgan fingerprint density at radius 1 is 1.36 bits per heavy atom. The maximum atomic E-state index is 11.8. The van der Waals surface area contributed by atoms with E-state index in [1.165, 1.54) is 4.31 Å². The van der Waals surface area contributed by atoms with Gasteiger partial charge in [-0.25, -0.2) is 8.42 Å². The molecule has 3 nitrogen and oxygen atoms in total. The molecule has 0 aliphatic rings. The quantitative estimate of drug-likeness (QED) is 0.690. The van der Waals surface area contributed by atoms with E-state index in [4.69, 9.17) is 11.6 Å². The van der Waals surface area contributed by atoms with E-state index < -0.39 is 15.6 Å². The van der Waals surface area contributed by atoms with Gasteiger partial charge in [0.1, 0.15) is 0 Å². The third-order valence-electron chi connectivity index (χ3n) is 2.14. The van der Waals surface area contributed by atoms with Crippen molar-refractivity contribution < 1.29 is 8.42 Å². The molecule has 5 heteroatoms. The maximum absolute atomic E-state index is 11.8. The first-order valence-corrected chi connectivity index (χ1v) is 6.80. The molecule has 0 aromatic rings. The van der Waals surface area contributed by atoms with Gasteiger partial charge in [-0.2, -0.15) is 4.31 Å². The van der Waals surface area contributed by atoms with Gasteiger partial charge in [-0.3, -0.25) is 0 Å². The van der Waals surface area contributed by atoms with E-state index in [1.54, 1.807) is 7.05 Å². The molecule has 0 unspecified atom stereocenters. The Hall–Kier alpha value is 0.200. The van der Waals surface area contributed by atoms with Gasteiger partial charge in [-0.15, -0.1) is 11.6 Å². The van der Waals surface area contributed by atoms with E-state index in [-0.39, 0.29) is 11.7 Å². The van der Waals surface area contributed by atoms with Gasteiger partial charge in [-0.1, -0.05) is 13.8 Å². The molecule has 0 aromatic heterocycles. The van der Waals surface area contributed by atoms with E-state index in [2.05, 4.69) is 0 Å². The van der Waals surface area contributed by atoms with Crippen molar-refractivity contribution in [2.45, 2.75) is 33.2 Å². The Morgan fingerprint density at radius 2 is 1.79 bits per heavy atom. The van der Waals surface area contributed by atoms with Crippen molar-refractivity contribution in [3.05, 3.63) is 0 Å². The lowest BCUT2D eigenvalue weighted by Crippen LogP contribution is -2.47. The first kappa shape index (κ1) is 14.2. The van der Waals surface area contributed by atoms with Crippen LogP contribution in [0.5, 0.6) is 0 Å². The highest BCUT2D eigenvalue weighted by molar-refractivity contribution is 7.89. The number of hydrogen-bond acceptors (Lipinski definition) is 2. The summed E-state index contributed by atoms with van der Waals surface area (Å²) in [5.41, 5.74) is -0.519. The number of nitrogens with zero attached hydrogens (tertiary/aromatic N) is 1. The molecule has 0 aliphatic carbocycles. The van der Waals surface area contributed by atoms with Crippen LogP contribution in [0.2, 0.25) is 0 Å². The number of rotatable bonds is 5. The molecule has 0 saturated heterocycles. The van der Waals surface area contributed by atoms with Crippen molar-refractivity contribution in [2.24, 2.45) is 5.92 Å². The largest absolute Gasteiger partial charge is 0.214 e. The van der Waals surface area contributed by atoms with Crippen LogP contribution in [0.1, 0.15) is 27.7 Å². The summed E-state index contributed by atoms with van der Waals surface area (Å²) in [5, 5.41) is 0. The lowest BCUT2D eigenvalue weighted by molar-refractivity contribution is 0.294. The standard InChI is InChI=1S/C9H20ClNO2S/c1-8(2)6-14(12,13)11(5)9(3,4)7-10/h8H,6-7H2,1-5H3. The van der Waals surface area contributed by atoms with Crippen molar-refractivity contribution in [3.8, 4) is 0 Å². The van der Waals surface area contributed by atoms with Gasteiger partial charge in [0, 0.05) is 18.5 Å². The molecule has 14 heavy (non-hydrogen) atoms. The lowest BCUT2D eigenvalue weighted by atomic mass is 10.1. The highest BCUT2D eigenvalue weighted by atomic mass is 35.5. The normalized spacial score (nSPS) is 14.0. The first-order chi connectivity index (χ1) is 6.13. The number of sulfonamides is 1. The van der Waals surface area contributed by atoms with Gasteiger partial charge in [0.05, 0.1) is 5.75 Å². The van der Waals surface area contributed by atoms with Crippen molar-refractivity contribution in [3.63, 3.8) is 0 Å². The highest BCUT2D eigenvalue weighted by Crippen LogP contribution is 2.19.